The molecule has 0 N–H and O–H groups in total. The molecule has 1 aromatic rings. The van der Waals surface area contributed by atoms with E-state index in [1.165, 1.54) is 14.2 Å². The van der Waals surface area contributed by atoms with E-state index in [2.05, 4.69) is 0 Å². The minimum absolute atomic E-state index is 0.211. The lowest BCUT2D eigenvalue weighted by atomic mass is 10.4. The van der Waals surface area contributed by atoms with Crippen LogP contribution in [-0.2, 0) is 19.3 Å². The van der Waals surface area contributed by atoms with Crippen LogP contribution >= 0.6 is 0 Å². The molecule has 0 fully saturated rings. The summed E-state index contributed by atoms with van der Waals surface area (Å²) in [6.07, 6.45) is 0. The number of benzene rings is 1. The Balaban J connectivity index is 2.97. The highest BCUT2D eigenvalue weighted by atomic mass is 32.2. The molecular formula is C11H16O4S. The highest BCUT2D eigenvalue weighted by Crippen LogP contribution is 2.19. The fourth-order valence-electron chi connectivity index (χ4n) is 1.26. The molecule has 0 saturated heterocycles. The van der Waals surface area contributed by atoms with E-state index in [0.717, 1.165) is 0 Å². The zero-order chi connectivity index (χ0) is 12.2. The van der Waals surface area contributed by atoms with Gasteiger partial charge in [-0.1, -0.05) is 18.2 Å². The van der Waals surface area contributed by atoms with Crippen molar-refractivity contribution in [2.45, 2.75) is 17.6 Å². The molecule has 4 nitrogen and oxygen atoms in total. The molecule has 0 heterocycles. The van der Waals surface area contributed by atoms with Gasteiger partial charge < -0.3 is 9.47 Å². The van der Waals surface area contributed by atoms with E-state index in [9.17, 15) is 8.42 Å². The van der Waals surface area contributed by atoms with Gasteiger partial charge in [-0.2, -0.15) is 0 Å². The summed E-state index contributed by atoms with van der Waals surface area (Å²) in [7, 11) is -0.551. The highest BCUT2D eigenvalue weighted by molar-refractivity contribution is 7.91. The van der Waals surface area contributed by atoms with Gasteiger partial charge in [-0.3, -0.25) is 0 Å². The van der Waals surface area contributed by atoms with Crippen molar-refractivity contribution >= 4 is 9.84 Å². The Morgan fingerprint density at radius 1 is 1.12 bits per heavy atom. The summed E-state index contributed by atoms with van der Waals surface area (Å²) in [5.41, 5.74) is 0. The molecule has 0 bridgehead atoms. The Morgan fingerprint density at radius 3 is 2.06 bits per heavy atom. The van der Waals surface area contributed by atoms with E-state index < -0.39 is 15.6 Å². The smallest absolute Gasteiger partial charge is 0.183 e. The number of hydrogen-bond donors (Lipinski definition) is 0. The zero-order valence-corrected chi connectivity index (χ0v) is 10.5. The first-order valence-corrected chi connectivity index (χ1v) is 6.47. The quantitative estimate of drug-likeness (QED) is 0.736. The molecule has 90 valence electrons. The number of methoxy groups -OCH3 is 2. The number of ether oxygens (including phenoxy) is 2. The van der Waals surface area contributed by atoms with Crippen molar-refractivity contribution in [1.82, 2.24) is 0 Å². The lowest BCUT2D eigenvalue weighted by molar-refractivity contribution is -0.175. The molecule has 0 aromatic heterocycles. The van der Waals surface area contributed by atoms with Crippen LogP contribution in [0.5, 0.6) is 0 Å². The lowest BCUT2D eigenvalue weighted by Gasteiger charge is -2.25. The SMILES string of the molecule is COC(C)(CS(=O)(=O)c1ccccc1)OC. The van der Waals surface area contributed by atoms with Gasteiger partial charge in [0.15, 0.2) is 15.6 Å². The van der Waals surface area contributed by atoms with Gasteiger partial charge in [0.2, 0.25) is 0 Å². The van der Waals surface area contributed by atoms with Crippen molar-refractivity contribution in [1.29, 1.82) is 0 Å². The summed E-state index contributed by atoms with van der Waals surface area (Å²) >= 11 is 0. The summed E-state index contributed by atoms with van der Waals surface area (Å²) in [4.78, 5) is 0.273. The monoisotopic (exact) mass is 244 g/mol. The van der Waals surface area contributed by atoms with Crippen molar-refractivity contribution in [3.8, 4) is 0 Å². The number of hydrogen-bond acceptors (Lipinski definition) is 4. The lowest BCUT2D eigenvalue weighted by Crippen LogP contribution is -2.37. The summed E-state index contributed by atoms with van der Waals surface area (Å²) in [6, 6.07) is 8.25. The third kappa shape index (κ3) is 3.04. The summed E-state index contributed by atoms with van der Waals surface area (Å²) in [5, 5.41) is 0. The average molecular weight is 244 g/mol. The second kappa shape index (κ2) is 4.95. The molecule has 16 heavy (non-hydrogen) atoms. The van der Waals surface area contributed by atoms with Gasteiger partial charge in [-0.25, -0.2) is 8.42 Å². The molecule has 0 saturated carbocycles. The Labute approximate surface area is 96.1 Å². The minimum Gasteiger partial charge on any atom is -0.352 e. The van der Waals surface area contributed by atoms with Gasteiger partial charge in [0.05, 0.1) is 4.90 Å². The normalized spacial score (nSPS) is 12.7. The van der Waals surface area contributed by atoms with Crippen molar-refractivity contribution in [2.75, 3.05) is 20.0 Å². The molecule has 0 aliphatic carbocycles. The molecule has 0 aliphatic rings. The zero-order valence-electron chi connectivity index (χ0n) is 9.64. The van der Waals surface area contributed by atoms with Crippen LogP contribution in [-0.4, -0.2) is 34.2 Å². The fourth-order valence-corrected chi connectivity index (χ4v) is 2.92. The van der Waals surface area contributed by atoms with E-state index in [4.69, 9.17) is 9.47 Å². The van der Waals surface area contributed by atoms with Crippen molar-refractivity contribution in [3.63, 3.8) is 0 Å². The Morgan fingerprint density at radius 2 is 1.62 bits per heavy atom. The third-order valence-corrected chi connectivity index (χ3v) is 4.31. The van der Waals surface area contributed by atoms with Gasteiger partial charge in [0.25, 0.3) is 0 Å². The molecule has 0 unspecified atom stereocenters. The Bertz CT molecular complexity index is 421. The molecule has 0 radical (unpaired) electrons. The first-order chi connectivity index (χ1) is 7.43. The topological polar surface area (TPSA) is 52.6 Å². The summed E-state index contributed by atoms with van der Waals surface area (Å²) in [5.74, 6) is -1.33. The van der Waals surface area contributed by atoms with Crippen molar-refractivity contribution < 1.29 is 17.9 Å². The second-order valence-corrected chi connectivity index (χ2v) is 5.60. The van der Waals surface area contributed by atoms with Gasteiger partial charge >= 0.3 is 0 Å². The van der Waals surface area contributed by atoms with E-state index in [-0.39, 0.29) is 10.6 Å². The van der Waals surface area contributed by atoms with E-state index in [1.807, 2.05) is 0 Å². The molecule has 5 heteroatoms. The first-order valence-electron chi connectivity index (χ1n) is 4.82. The van der Waals surface area contributed by atoms with Crippen LogP contribution in [0.25, 0.3) is 0 Å². The summed E-state index contributed by atoms with van der Waals surface area (Å²) < 4.78 is 34.1. The van der Waals surface area contributed by atoms with Crippen LogP contribution in [0.3, 0.4) is 0 Å². The van der Waals surface area contributed by atoms with Crippen LogP contribution in [0.4, 0.5) is 0 Å². The van der Waals surface area contributed by atoms with Crippen LogP contribution in [0.1, 0.15) is 6.92 Å². The molecule has 0 amide bonds. The van der Waals surface area contributed by atoms with Crippen LogP contribution in [0, 0.1) is 0 Å². The predicted octanol–water partition coefficient (Wildman–Crippen LogP) is 1.47. The standard InChI is InChI=1S/C11H16O4S/c1-11(14-2,15-3)9-16(12,13)10-7-5-4-6-8-10/h4-8H,9H2,1-3H3. The molecule has 0 spiro atoms. The molecule has 0 atom stereocenters. The Kier molecular flexibility index (Phi) is 4.07. The van der Waals surface area contributed by atoms with E-state index >= 15 is 0 Å². The maximum Gasteiger partial charge on any atom is 0.183 e. The van der Waals surface area contributed by atoms with Gasteiger partial charge in [-0.05, 0) is 19.1 Å². The predicted molar refractivity (Wildman–Crippen MR) is 60.9 cm³/mol. The van der Waals surface area contributed by atoms with E-state index in [0.29, 0.717) is 0 Å². The van der Waals surface area contributed by atoms with Crippen LogP contribution < -0.4 is 0 Å². The van der Waals surface area contributed by atoms with Crippen LogP contribution in [0.15, 0.2) is 35.2 Å². The average Bonchev–Trinajstić information content (AvgIpc) is 2.29. The third-order valence-electron chi connectivity index (χ3n) is 2.42. The molecular weight excluding hydrogens is 228 g/mol. The Hall–Kier alpha value is -0.910. The van der Waals surface area contributed by atoms with Crippen LogP contribution in [0.2, 0.25) is 0 Å². The van der Waals surface area contributed by atoms with Gasteiger partial charge in [-0.15, -0.1) is 0 Å². The van der Waals surface area contributed by atoms with Gasteiger partial charge in [0, 0.05) is 14.2 Å². The summed E-state index contributed by atoms with van der Waals surface area (Å²) in [6.45, 7) is 1.59. The minimum atomic E-state index is -3.39. The number of rotatable bonds is 5. The second-order valence-electron chi connectivity index (χ2n) is 3.61. The maximum atomic E-state index is 12.0. The highest BCUT2D eigenvalue weighted by Gasteiger charge is 2.31. The maximum absolute atomic E-state index is 12.0. The molecule has 1 rings (SSSR count). The van der Waals surface area contributed by atoms with Gasteiger partial charge in [0.1, 0.15) is 5.75 Å². The first kappa shape index (κ1) is 13.2. The fraction of sp³-hybridized carbons (Fsp3) is 0.455. The van der Waals surface area contributed by atoms with E-state index in [1.54, 1.807) is 37.3 Å². The largest absolute Gasteiger partial charge is 0.352 e. The molecule has 1 aromatic carbocycles. The number of sulfone groups is 1. The van der Waals surface area contributed by atoms with Crippen molar-refractivity contribution in [3.05, 3.63) is 30.3 Å². The molecule has 0 aliphatic heterocycles. The van der Waals surface area contributed by atoms with Crippen molar-refractivity contribution in [2.24, 2.45) is 0 Å².